The Hall–Kier alpha value is -5.32. The standard InChI is InChI=1S/C36H27N3O/c1-38-35(26-37)30-22-34(40-36(25-30)23-28-10-8-9-11-29(28)24-36)21-18-27-16-19-33(20-17-27)39(31-12-4-2-5-13-31)32-14-6-3-7-15-32/h2-22H,23-25H2/b21-18+,35-30-. The van der Waals surface area contributed by atoms with Crippen LogP contribution in [0.15, 0.2) is 138 Å². The fourth-order valence-electron chi connectivity index (χ4n) is 5.66. The number of anilines is 3. The molecule has 0 saturated heterocycles. The number of nitrogens with zero attached hydrogens (tertiary/aromatic N) is 3. The van der Waals surface area contributed by atoms with E-state index in [0.717, 1.165) is 41.0 Å². The first-order valence-corrected chi connectivity index (χ1v) is 13.3. The Kier molecular flexibility index (Phi) is 6.75. The normalized spacial score (nSPS) is 16.4. The van der Waals surface area contributed by atoms with Crippen molar-refractivity contribution in [3.63, 3.8) is 0 Å². The van der Waals surface area contributed by atoms with Gasteiger partial charge in [0.25, 0.3) is 5.70 Å². The average Bonchev–Trinajstić information content (AvgIpc) is 3.35. The SMILES string of the molecule is [C-]#[N+]/C(C#N)=C1C=C(/C=C/c2ccc(N(c3ccccc3)c3ccccc3)cc2)OC2(C/1)Cc1ccccc1C2. The van der Waals surface area contributed by atoms with Crippen LogP contribution in [0.3, 0.4) is 0 Å². The van der Waals surface area contributed by atoms with Crippen LogP contribution in [-0.2, 0) is 17.6 Å². The van der Waals surface area contributed by atoms with Crippen molar-refractivity contribution in [2.45, 2.75) is 24.9 Å². The second-order valence-electron chi connectivity index (χ2n) is 10.2. The molecule has 192 valence electrons. The molecule has 1 spiro atoms. The topological polar surface area (TPSA) is 40.6 Å². The van der Waals surface area contributed by atoms with Crippen LogP contribution in [0.4, 0.5) is 17.1 Å². The Labute approximate surface area is 235 Å². The Morgan fingerprint density at radius 3 is 1.85 bits per heavy atom. The van der Waals surface area contributed by atoms with Gasteiger partial charge in [-0.25, -0.2) is 10.1 Å². The third kappa shape index (κ3) is 5.04. The second-order valence-corrected chi connectivity index (χ2v) is 10.2. The molecular weight excluding hydrogens is 490 g/mol. The van der Waals surface area contributed by atoms with Gasteiger partial charge in [0.2, 0.25) is 0 Å². The van der Waals surface area contributed by atoms with Crippen molar-refractivity contribution < 1.29 is 4.74 Å². The maximum atomic E-state index is 9.60. The van der Waals surface area contributed by atoms with Crippen LogP contribution >= 0.6 is 0 Å². The molecule has 4 nitrogen and oxygen atoms in total. The van der Waals surface area contributed by atoms with Crippen molar-refractivity contribution in [2.24, 2.45) is 0 Å². The Balaban J connectivity index is 1.29. The average molecular weight is 518 g/mol. The Morgan fingerprint density at radius 2 is 1.30 bits per heavy atom. The Bertz CT molecular complexity index is 1620. The van der Waals surface area contributed by atoms with Gasteiger partial charge in [-0.05, 0) is 70.8 Å². The number of ether oxygens (including phenoxy) is 1. The number of rotatable bonds is 5. The summed E-state index contributed by atoms with van der Waals surface area (Å²) in [6.07, 6.45) is 7.89. The summed E-state index contributed by atoms with van der Waals surface area (Å²) >= 11 is 0. The number of nitriles is 1. The van der Waals surface area contributed by atoms with Gasteiger partial charge >= 0.3 is 0 Å². The number of fused-ring (bicyclic) bond motifs is 1. The zero-order valence-electron chi connectivity index (χ0n) is 22.0. The Morgan fingerprint density at radius 1 is 0.750 bits per heavy atom. The molecule has 40 heavy (non-hydrogen) atoms. The lowest BCUT2D eigenvalue weighted by molar-refractivity contribution is 0.0108. The van der Waals surface area contributed by atoms with E-state index in [-0.39, 0.29) is 5.70 Å². The highest BCUT2D eigenvalue weighted by atomic mass is 16.5. The van der Waals surface area contributed by atoms with Crippen LogP contribution in [0, 0.1) is 17.9 Å². The maximum Gasteiger partial charge on any atom is 0.265 e. The van der Waals surface area contributed by atoms with Crippen LogP contribution in [0.1, 0.15) is 23.1 Å². The third-order valence-corrected chi connectivity index (χ3v) is 7.45. The van der Waals surface area contributed by atoms with Gasteiger partial charge in [-0.3, -0.25) is 0 Å². The predicted molar refractivity (Wildman–Crippen MR) is 160 cm³/mol. The lowest BCUT2D eigenvalue weighted by atomic mass is 9.87. The molecule has 0 atom stereocenters. The highest BCUT2D eigenvalue weighted by Crippen LogP contribution is 2.43. The third-order valence-electron chi connectivity index (χ3n) is 7.45. The minimum absolute atomic E-state index is 0.135. The predicted octanol–water partition coefficient (Wildman–Crippen LogP) is 8.71. The van der Waals surface area contributed by atoms with Crippen molar-refractivity contribution in [3.8, 4) is 6.07 Å². The first-order chi connectivity index (χ1) is 19.7. The molecule has 1 aliphatic heterocycles. The zero-order valence-corrected chi connectivity index (χ0v) is 22.0. The number of benzene rings is 4. The van der Waals surface area contributed by atoms with E-state index >= 15 is 0 Å². The molecule has 0 bridgehead atoms. The van der Waals surface area contributed by atoms with Gasteiger partial charge in [0, 0.05) is 36.3 Å². The molecule has 1 heterocycles. The summed E-state index contributed by atoms with van der Waals surface area (Å²) in [6, 6.07) is 39.5. The van der Waals surface area contributed by atoms with Gasteiger partial charge < -0.3 is 9.64 Å². The van der Waals surface area contributed by atoms with Gasteiger partial charge in [-0.15, -0.1) is 0 Å². The van der Waals surface area contributed by atoms with Gasteiger partial charge in [0.1, 0.15) is 11.4 Å². The quantitative estimate of drug-likeness (QED) is 0.196. The number of allylic oxidation sites excluding steroid dienone is 3. The molecule has 0 radical (unpaired) electrons. The molecule has 1 aliphatic carbocycles. The number of hydrogen-bond donors (Lipinski definition) is 0. The van der Waals surface area contributed by atoms with Crippen LogP contribution < -0.4 is 4.90 Å². The maximum absolute atomic E-state index is 9.60. The van der Waals surface area contributed by atoms with E-state index < -0.39 is 5.60 Å². The van der Waals surface area contributed by atoms with Crippen LogP contribution in [0.25, 0.3) is 10.9 Å². The summed E-state index contributed by atoms with van der Waals surface area (Å²) in [5.41, 5.74) is 7.21. The zero-order chi connectivity index (χ0) is 27.4. The van der Waals surface area contributed by atoms with E-state index in [1.54, 1.807) is 0 Å². The van der Waals surface area contributed by atoms with Crippen molar-refractivity contribution >= 4 is 23.1 Å². The smallest absolute Gasteiger partial charge is 0.265 e. The summed E-state index contributed by atoms with van der Waals surface area (Å²) in [7, 11) is 0. The fourth-order valence-corrected chi connectivity index (χ4v) is 5.66. The molecule has 0 N–H and O–H groups in total. The monoisotopic (exact) mass is 517 g/mol. The molecule has 0 fully saturated rings. The van der Waals surface area contributed by atoms with Gasteiger partial charge in [-0.1, -0.05) is 78.9 Å². The van der Waals surface area contributed by atoms with Gasteiger partial charge in [0.05, 0.1) is 12.6 Å². The largest absolute Gasteiger partial charge is 0.486 e. The summed E-state index contributed by atoms with van der Waals surface area (Å²) in [5, 5.41) is 9.60. The van der Waals surface area contributed by atoms with Crippen LogP contribution in [0.2, 0.25) is 0 Å². The van der Waals surface area contributed by atoms with E-state index in [1.807, 2.05) is 66.8 Å². The fraction of sp³-hybridized carbons (Fsp3) is 0.111. The molecule has 6 rings (SSSR count). The van der Waals surface area contributed by atoms with Crippen molar-refractivity contribution in [3.05, 3.63) is 166 Å². The molecule has 0 unspecified atom stereocenters. The van der Waals surface area contributed by atoms with E-state index in [4.69, 9.17) is 11.3 Å². The first-order valence-electron chi connectivity index (χ1n) is 13.3. The molecule has 4 aromatic carbocycles. The van der Waals surface area contributed by atoms with Crippen molar-refractivity contribution in [1.82, 2.24) is 0 Å². The van der Waals surface area contributed by atoms with E-state index in [1.165, 1.54) is 11.1 Å². The number of hydrogen-bond acceptors (Lipinski definition) is 3. The van der Waals surface area contributed by atoms with E-state index in [9.17, 15) is 5.26 Å². The molecule has 4 heteroatoms. The molecule has 0 saturated carbocycles. The summed E-state index contributed by atoms with van der Waals surface area (Å²) in [6.45, 7) is 7.52. The van der Waals surface area contributed by atoms with Crippen molar-refractivity contribution in [1.29, 1.82) is 5.26 Å². The summed E-state index contributed by atoms with van der Waals surface area (Å²) < 4.78 is 6.61. The summed E-state index contributed by atoms with van der Waals surface area (Å²) in [4.78, 5) is 5.73. The van der Waals surface area contributed by atoms with Gasteiger partial charge in [-0.2, -0.15) is 0 Å². The highest BCUT2D eigenvalue weighted by Gasteiger charge is 2.42. The summed E-state index contributed by atoms with van der Waals surface area (Å²) in [5.74, 6) is 0.671. The molecular formula is C36H27N3O. The molecule has 0 aromatic heterocycles. The van der Waals surface area contributed by atoms with E-state index in [0.29, 0.717) is 12.2 Å². The molecule has 2 aliphatic rings. The van der Waals surface area contributed by atoms with Crippen molar-refractivity contribution in [2.75, 3.05) is 4.90 Å². The lowest BCUT2D eigenvalue weighted by Gasteiger charge is -2.35. The molecule has 4 aromatic rings. The van der Waals surface area contributed by atoms with Crippen LogP contribution in [-0.4, -0.2) is 5.60 Å². The number of para-hydroxylation sites is 2. The highest BCUT2D eigenvalue weighted by molar-refractivity contribution is 5.77. The second kappa shape index (κ2) is 10.8. The molecule has 0 amide bonds. The lowest BCUT2D eigenvalue weighted by Crippen LogP contribution is -2.36. The van der Waals surface area contributed by atoms with E-state index in [2.05, 4.69) is 76.5 Å². The van der Waals surface area contributed by atoms with Gasteiger partial charge in [0.15, 0.2) is 0 Å². The van der Waals surface area contributed by atoms with Crippen LogP contribution in [0.5, 0.6) is 0 Å². The first kappa shape index (κ1) is 25.0. The minimum Gasteiger partial charge on any atom is -0.486 e. The minimum atomic E-state index is -0.476.